The van der Waals surface area contributed by atoms with Gasteiger partial charge in [-0.3, -0.25) is 14.7 Å². The standard InChI is InChI=1S/C14H10NO4PS2/c16-15(17)11-5-7-12(8-6-11)19-20(18,13-3-1-9-21-13)14-4-2-10-22-14/h1-10H. The summed E-state index contributed by atoms with van der Waals surface area (Å²) in [5, 5.41) is 14.4. The van der Waals surface area contributed by atoms with Gasteiger partial charge in [-0.05, 0) is 35.0 Å². The van der Waals surface area contributed by atoms with E-state index < -0.39 is 12.3 Å². The molecule has 0 saturated carbocycles. The van der Waals surface area contributed by atoms with Crippen LogP contribution in [0, 0.1) is 10.1 Å². The molecule has 5 nitrogen and oxygen atoms in total. The molecule has 0 aliphatic rings. The molecular weight excluding hydrogens is 341 g/mol. The van der Waals surface area contributed by atoms with Gasteiger partial charge in [0.25, 0.3) is 5.69 Å². The van der Waals surface area contributed by atoms with Crippen LogP contribution in [-0.4, -0.2) is 4.92 Å². The van der Waals surface area contributed by atoms with Crippen LogP contribution in [0.15, 0.2) is 59.3 Å². The molecule has 112 valence electrons. The number of hydrogen-bond acceptors (Lipinski definition) is 6. The van der Waals surface area contributed by atoms with Crippen molar-refractivity contribution in [1.29, 1.82) is 0 Å². The van der Waals surface area contributed by atoms with Gasteiger partial charge in [0.1, 0.15) is 15.0 Å². The Morgan fingerprint density at radius 2 is 1.50 bits per heavy atom. The predicted octanol–water partition coefficient (Wildman–Crippen LogP) is 4.03. The zero-order valence-corrected chi connectivity index (χ0v) is 13.6. The minimum atomic E-state index is -3.22. The van der Waals surface area contributed by atoms with E-state index in [1.807, 2.05) is 22.9 Å². The Morgan fingerprint density at radius 1 is 0.955 bits per heavy atom. The first kappa shape index (κ1) is 15.0. The van der Waals surface area contributed by atoms with Crippen LogP contribution in [0.1, 0.15) is 0 Å². The van der Waals surface area contributed by atoms with Gasteiger partial charge in [0.05, 0.1) is 4.92 Å². The molecule has 0 radical (unpaired) electrons. The Labute approximate surface area is 134 Å². The third-order valence-corrected chi connectivity index (χ3v) is 8.22. The van der Waals surface area contributed by atoms with E-state index in [9.17, 15) is 14.7 Å². The third kappa shape index (κ3) is 2.83. The molecule has 1 aromatic carbocycles. The van der Waals surface area contributed by atoms with Crippen LogP contribution in [-0.2, 0) is 4.57 Å². The fourth-order valence-corrected chi connectivity index (χ4v) is 6.60. The molecule has 22 heavy (non-hydrogen) atoms. The van der Waals surface area contributed by atoms with Crippen molar-refractivity contribution in [2.45, 2.75) is 0 Å². The lowest BCUT2D eigenvalue weighted by molar-refractivity contribution is -0.384. The maximum Gasteiger partial charge on any atom is 0.326 e. The average Bonchev–Trinajstić information content (AvgIpc) is 3.21. The number of nitrogens with zero attached hydrogens (tertiary/aromatic N) is 1. The minimum Gasteiger partial charge on any atom is -0.436 e. The number of nitro groups is 1. The maximum absolute atomic E-state index is 13.4. The molecule has 0 unspecified atom stereocenters. The number of nitro benzene ring substituents is 1. The molecule has 0 amide bonds. The number of benzene rings is 1. The normalized spacial score (nSPS) is 11.3. The van der Waals surface area contributed by atoms with Crippen molar-refractivity contribution < 1.29 is 14.0 Å². The minimum absolute atomic E-state index is 0.0329. The molecule has 0 N–H and O–H groups in total. The van der Waals surface area contributed by atoms with Crippen LogP contribution >= 0.6 is 30.0 Å². The molecule has 3 rings (SSSR count). The molecular formula is C14H10NO4PS2. The molecule has 0 saturated heterocycles. The highest BCUT2D eigenvalue weighted by Gasteiger charge is 2.32. The van der Waals surface area contributed by atoms with Gasteiger partial charge in [-0.25, -0.2) is 0 Å². The molecule has 0 spiro atoms. The summed E-state index contributed by atoms with van der Waals surface area (Å²) in [5.74, 6) is 0.343. The fraction of sp³-hybridized carbons (Fsp3) is 0. The number of rotatable bonds is 5. The van der Waals surface area contributed by atoms with Gasteiger partial charge in [0, 0.05) is 12.1 Å². The first-order valence-corrected chi connectivity index (χ1v) is 9.60. The summed E-state index contributed by atoms with van der Waals surface area (Å²) in [6.45, 7) is 0. The highest BCUT2D eigenvalue weighted by molar-refractivity contribution is 7.83. The van der Waals surface area contributed by atoms with Crippen LogP contribution in [0.4, 0.5) is 5.69 Å². The maximum atomic E-state index is 13.4. The predicted molar refractivity (Wildman–Crippen MR) is 89.2 cm³/mol. The zero-order chi connectivity index (χ0) is 15.6. The Balaban J connectivity index is 1.98. The average molecular weight is 351 g/mol. The summed E-state index contributed by atoms with van der Waals surface area (Å²) in [4.78, 5) is 10.2. The molecule has 0 fully saturated rings. The summed E-state index contributed by atoms with van der Waals surface area (Å²) in [5.41, 5.74) is -0.0329. The second kappa shape index (κ2) is 6.04. The number of non-ortho nitro benzene ring substituents is 1. The van der Waals surface area contributed by atoms with E-state index in [4.69, 9.17) is 4.52 Å². The van der Waals surface area contributed by atoms with Crippen LogP contribution in [0.5, 0.6) is 5.75 Å². The Bertz CT molecular complexity index is 775. The second-order valence-electron chi connectivity index (χ2n) is 4.30. The molecule has 0 atom stereocenters. The van der Waals surface area contributed by atoms with Crippen molar-refractivity contribution in [2.24, 2.45) is 0 Å². The van der Waals surface area contributed by atoms with E-state index in [0.717, 1.165) is 0 Å². The van der Waals surface area contributed by atoms with Gasteiger partial charge in [-0.1, -0.05) is 12.1 Å². The molecule has 0 aliphatic carbocycles. The summed E-state index contributed by atoms with van der Waals surface area (Å²) < 4.78 is 20.5. The number of thiophene rings is 2. The smallest absolute Gasteiger partial charge is 0.326 e. The highest BCUT2D eigenvalue weighted by Crippen LogP contribution is 2.47. The molecule has 2 aromatic heterocycles. The van der Waals surface area contributed by atoms with Gasteiger partial charge in [0.15, 0.2) is 0 Å². The second-order valence-corrected chi connectivity index (χ2v) is 9.05. The molecule has 3 aromatic rings. The van der Waals surface area contributed by atoms with Crippen molar-refractivity contribution in [3.8, 4) is 5.75 Å². The third-order valence-electron chi connectivity index (χ3n) is 2.87. The Kier molecular flexibility index (Phi) is 4.11. The van der Waals surface area contributed by atoms with Crippen LogP contribution < -0.4 is 13.8 Å². The van der Waals surface area contributed by atoms with Crippen molar-refractivity contribution in [1.82, 2.24) is 0 Å². The van der Waals surface area contributed by atoms with Crippen molar-refractivity contribution in [3.05, 3.63) is 69.4 Å². The summed E-state index contributed by atoms with van der Waals surface area (Å²) >= 11 is 2.73. The van der Waals surface area contributed by atoms with Crippen molar-refractivity contribution in [3.63, 3.8) is 0 Å². The SMILES string of the molecule is O=[N+]([O-])c1ccc(OP(=O)(c2cccs2)c2cccs2)cc1. The van der Waals surface area contributed by atoms with E-state index in [2.05, 4.69) is 0 Å². The van der Waals surface area contributed by atoms with E-state index >= 15 is 0 Å². The highest BCUT2D eigenvalue weighted by atomic mass is 32.1. The quantitative estimate of drug-likeness (QED) is 0.395. The van der Waals surface area contributed by atoms with Gasteiger partial charge in [-0.15, -0.1) is 22.7 Å². The zero-order valence-electron chi connectivity index (χ0n) is 11.1. The van der Waals surface area contributed by atoms with Gasteiger partial charge >= 0.3 is 7.37 Å². The lowest BCUT2D eigenvalue weighted by Crippen LogP contribution is -2.15. The van der Waals surface area contributed by atoms with E-state index in [1.165, 1.54) is 46.9 Å². The van der Waals surface area contributed by atoms with E-state index in [0.29, 0.717) is 15.0 Å². The van der Waals surface area contributed by atoms with E-state index in [1.54, 1.807) is 12.1 Å². The van der Waals surface area contributed by atoms with Crippen molar-refractivity contribution >= 4 is 45.0 Å². The Morgan fingerprint density at radius 3 is 1.91 bits per heavy atom. The van der Waals surface area contributed by atoms with Gasteiger partial charge in [0.2, 0.25) is 0 Å². The lowest BCUT2D eigenvalue weighted by Gasteiger charge is -2.16. The van der Waals surface area contributed by atoms with Gasteiger partial charge in [-0.2, -0.15) is 0 Å². The van der Waals surface area contributed by atoms with E-state index in [-0.39, 0.29) is 5.69 Å². The first-order valence-electron chi connectivity index (χ1n) is 6.22. The van der Waals surface area contributed by atoms with Crippen molar-refractivity contribution in [2.75, 3.05) is 0 Å². The molecule has 0 bridgehead atoms. The van der Waals surface area contributed by atoms with Crippen LogP contribution in [0.25, 0.3) is 0 Å². The van der Waals surface area contributed by atoms with Crippen LogP contribution in [0.3, 0.4) is 0 Å². The monoisotopic (exact) mass is 351 g/mol. The summed E-state index contributed by atoms with van der Waals surface area (Å²) in [6.07, 6.45) is 0. The first-order chi connectivity index (χ1) is 10.6. The largest absolute Gasteiger partial charge is 0.436 e. The number of hydrogen-bond donors (Lipinski definition) is 0. The summed E-state index contributed by atoms with van der Waals surface area (Å²) in [6, 6.07) is 12.8. The molecule has 8 heteroatoms. The molecule has 2 heterocycles. The topological polar surface area (TPSA) is 69.4 Å². The fourth-order valence-electron chi connectivity index (χ4n) is 1.85. The molecule has 0 aliphatic heterocycles. The van der Waals surface area contributed by atoms with Crippen LogP contribution in [0.2, 0.25) is 0 Å². The Hall–Kier alpha value is -1.95. The lowest BCUT2D eigenvalue weighted by atomic mass is 10.3. The summed E-state index contributed by atoms with van der Waals surface area (Å²) in [7, 11) is -3.22. The van der Waals surface area contributed by atoms with Gasteiger partial charge < -0.3 is 4.52 Å².